The number of fused-ring (bicyclic) bond motifs is 4. The van der Waals surface area contributed by atoms with Crippen molar-refractivity contribution in [2.75, 3.05) is 0 Å². The molecule has 3 atom stereocenters. The van der Waals surface area contributed by atoms with Crippen molar-refractivity contribution in [2.45, 2.75) is 61.8 Å². The Morgan fingerprint density at radius 3 is 2.45 bits per heavy atom. The summed E-state index contributed by atoms with van der Waals surface area (Å²) in [4.78, 5) is 31.3. The average molecular weight is 762 g/mol. The number of hydrogen-bond acceptors (Lipinski definition) is 7. The molecule has 0 radical (unpaired) electrons. The summed E-state index contributed by atoms with van der Waals surface area (Å²) >= 11 is 0. The van der Waals surface area contributed by atoms with Crippen molar-refractivity contribution in [2.24, 2.45) is 5.92 Å². The molecule has 0 aliphatic heterocycles. The first-order valence-electron chi connectivity index (χ1n) is 16.3. The number of benzene rings is 2. The molecule has 3 aliphatic rings. The molecule has 5 aromatic rings. The number of rotatable bonds is 11. The molecule has 2 saturated carbocycles. The number of nitrogens with zero attached hydrogens (tertiary/aromatic N) is 4. The van der Waals surface area contributed by atoms with E-state index in [-0.39, 0.29) is 46.3 Å². The zero-order chi connectivity index (χ0) is 37.6. The van der Waals surface area contributed by atoms with Crippen LogP contribution in [0.15, 0.2) is 48.7 Å². The fourth-order valence-corrected chi connectivity index (χ4v) is 8.33. The molecule has 2 aromatic carbocycles. The van der Waals surface area contributed by atoms with Gasteiger partial charge in [0.15, 0.2) is 0 Å². The highest BCUT2D eigenvalue weighted by molar-refractivity contribution is 7.91. The van der Waals surface area contributed by atoms with Crippen LogP contribution in [0.25, 0.3) is 22.2 Å². The predicted molar refractivity (Wildman–Crippen MR) is 172 cm³/mol. The molecule has 3 N–H and O–H groups in total. The van der Waals surface area contributed by atoms with Gasteiger partial charge in [0.25, 0.3) is 18.3 Å². The highest BCUT2D eigenvalue weighted by Crippen LogP contribution is 2.68. The average Bonchev–Trinajstić information content (AvgIpc) is 3.99. The predicted octanol–water partition coefficient (Wildman–Crippen LogP) is 5.71. The number of aromatic nitrogens is 5. The molecule has 276 valence electrons. The molecule has 8 rings (SSSR count). The van der Waals surface area contributed by atoms with Gasteiger partial charge in [0.05, 0.1) is 34.3 Å². The summed E-state index contributed by atoms with van der Waals surface area (Å²) in [6.45, 7) is -0.933. The van der Waals surface area contributed by atoms with E-state index in [4.69, 9.17) is 0 Å². The third kappa shape index (κ3) is 6.29. The Kier molecular flexibility index (Phi) is 8.12. The van der Waals surface area contributed by atoms with Crippen LogP contribution in [-0.4, -0.2) is 50.4 Å². The number of nitrogens with one attached hydrogen (secondary N) is 3. The van der Waals surface area contributed by atoms with Crippen molar-refractivity contribution in [1.29, 1.82) is 0 Å². The van der Waals surface area contributed by atoms with Crippen LogP contribution in [0.5, 0.6) is 0 Å². The van der Waals surface area contributed by atoms with Gasteiger partial charge >= 0.3 is 0 Å². The molecule has 3 heterocycles. The van der Waals surface area contributed by atoms with E-state index in [1.807, 2.05) is 4.72 Å². The molecule has 0 bridgehead atoms. The van der Waals surface area contributed by atoms with Crippen molar-refractivity contribution in [3.63, 3.8) is 0 Å². The number of sulfonamides is 1. The summed E-state index contributed by atoms with van der Waals surface area (Å²) < 4.78 is 129. The van der Waals surface area contributed by atoms with Crippen molar-refractivity contribution in [3.8, 4) is 11.1 Å². The third-order valence-electron chi connectivity index (χ3n) is 9.66. The molecule has 11 nitrogen and oxygen atoms in total. The Morgan fingerprint density at radius 2 is 1.75 bits per heavy atom. The molecule has 2 amide bonds. The van der Waals surface area contributed by atoms with E-state index in [1.165, 1.54) is 18.3 Å². The van der Waals surface area contributed by atoms with Gasteiger partial charge in [0.2, 0.25) is 15.9 Å². The van der Waals surface area contributed by atoms with Gasteiger partial charge < -0.3 is 5.32 Å². The number of amides is 2. The maximum Gasteiger partial charge on any atom is 0.293 e. The van der Waals surface area contributed by atoms with Gasteiger partial charge in [-0.1, -0.05) is 6.07 Å². The second kappa shape index (κ2) is 12.4. The zero-order valence-electron chi connectivity index (χ0n) is 27.0. The van der Waals surface area contributed by atoms with Crippen LogP contribution in [0, 0.1) is 23.4 Å². The summed E-state index contributed by atoms with van der Waals surface area (Å²) in [7, 11) is -4.06. The van der Waals surface area contributed by atoms with Crippen LogP contribution in [0.2, 0.25) is 0 Å². The lowest BCUT2D eigenvalue weighted by atomic mass is 9.94. The SMILES string of the molecule is O=C(Cn1nc(C(F)F)c2c1C(F)(F)C1C[C@H]21)N[C@@H](Cc1cc(F)cc(F)c1)c1nc2cn[nH]c2cc1-c1ccc(F)c(C(=O)NS(=O)(=O)C2CC2)c1. The van der Waals surface area contributed by atoms with Crippen LogP contribution >= 0.6 is 0 Å². The second-order valence-electron chi connectivity index (χ2n) is 13.4. The number of aromatic amines is 1. The number of carbonyl (C=O) groups excluding carboxylic acids is 2. The first-order chi connectivity index (χ1) is 25.1. The monoisotopic (exact) mass is 761 g/mol. The lowest BCUT2D eigenvalue weighted by Crippen LogP contribution is -2.35. The largest absolute Gasteiger partial charge is 0.346 e. The third-order valence-corrected chi connectivity index (χ3v) is 11.5. The van der Waals surface area contributed by atoms with Crippen molar-refractivity contribution < 1.29 is 48.7 Å². The van der Waals surface area contributed by atoms with Crippen molar-refractivity contribution in [3.05, 3.63) is 99.9 Å². The topological polar surface area (TPSA) is 152 Å². The molecule has 2 fully saturated rings. The molecule has 0 spiro atoms. The lowest BCUT2D eigenvalue weighted by molar-refractivity contribution is -0.123. The quantitative estimate of drug-likeness (QED) is 0.146. The summed E-state index contributed by atoms with van der Waals surface area (Å²) in [5.41, 5.74) is -1.76. The number of pyridine rings is 1. The van der Waals surface area contributed by atoms with E-state index < -0.39 is 98.3 Å². The van der Waals surface area contributed by atoms with Crippen LogP contribution in [0.1, 0.15) is 76.2 Å². The van der Waals surface area contributed by atoms with Gasteiger partial charge in [-0.3, -0.25) is 19.4 Å². The fourth-order valence-electron chi connectivity index (χ4n) is 7.04. The Balaban J connectivity index is 1.19. The number of carbonyl (C=O) groups is 2. The Hall–Kier alpha value is -5.33. The van der Waals surface area contributed by atoms with E-state index in [1.54, 1.807) is 0 Å². The Bertz CT molecular complexity index is 2430. The van der Waals surface area contributed by atoms with E-state index in [0.717, 1.165) is 24.3 Å². The van der Waals surface area contributed by atoms with Gasteiger partial charge in [0, 0.05) is 23.1 Å². The van der Waals surface area contributed by atoms with E-state index in [9.17, 15) is 35.6 Å². The Morgan fingerprint density at radius 1 is 1.02 bits per heavy atom. The first kappa shape index (κ1) is 34.7. The van der Waals surface area contributed by atoms with E-state index in [2.05, 4.69) is 25.6 Å². The minimum absolute atomic E-state index is 0.0118. The minimum atomic E-state index is -4.06. The highest BCUT2D eigenvalue weighted by Gasteiger charge is 2.67. The van der Waals surface area contributed by atoms with Gasteiger partial charge in [-0.25, -0.2) is 40.1 Å². The standard InChI is InChI=1S/C34H26F7N7O4S/c35-16-5-14(6-17(36)9-16)7-25(43-27(49)13-48-31-28(30(46-48)32(38)39)20-10-22(20)34(31,40)41)29-19(11-24-26(44-29)12-42-45-24)15-1-4-23(37)21(8-15)33(50)47-53(51,52)18-2-3-18/h1,4-6,8-9,11-12,18,20,22,25,32H,2-3,7,10,13H2,(H,42,45)(H,43,49)(H,47,50)/t20-,22?,25-/m0/s1. The van der Waals surface area contributed by atoms with Crippen molar-refractivity contribution >= 4 is 32.9 Å². The lowest BCUT2D eigenvalue weighted by Gasteiger charge is -2.23. The van der Waals surface area contributed by atoms with Gasteiger partial charge in [-0.05, 0) is 73.1 Å². The molecule has 0 saturated heterocycles. The number of hydrogen-bond donors (Lipinski definition) is 3. The molecule has 3 aliphatic carbocycles. The summed E-state index contributed by atoms with van der Waals surface area (Å²) in [5.74, 6) is -10.7. The number of H-pyrrole nitrogens is 1. The maximum absolute atomic E-state index is 15.2. The van der Waals surface area contributed by atoms with Gasteiger partial charge in [-0.15, -0.1) is 0 Å². The van der Waals surface area contributed by atoms with E-state index in [0.29, 0.717) is 29.1 Å². The number of halogens is 7. The van der Waals surface area contributed by atoms with Crippen LogP contribution in [0.3, 0.4) is 0 Å². The summed E-state index contributed by atoms with van der Waals surface area (Å²) in [6.07, 6.45) is -1.53. The van der Waals surface area contributed by atoms with Crippen molar-refractivity contribution in [1.82, 2.24) is 35.0 Å². The second-order valence-corrected chi connectivity index (χ2v) is 15.3. The summed E-state index contributed by atoms with van der Waals surface area (Å²) in [6, 6.07) is 5.96. The van der Waals surface area contributed by atoms with E-state index >= 15 is 13.2 Å². The molecule has 1 unspecified atom stereocenters. The normalized spacial score (nSPS) is 19.2. The highest BCUT2D eigenvalue weighted by atomic mass is 32.2. The van der Waals surface area contributed by atoms with Gasteiger partial charge in [-0.2, -0.15) is 19.0 Å². The molecular weight excluding hydrogens is 735 g/mol. The molecule has 19 heteroatoms. The maximum atomic E-state index is 15.2. The number of alkyl halides is 4. The molecule has 53 heavy (non-hydrogen) atoms. The van der Waals surface area contributed by atoms with Crippen LogP contribution < -0.4 is 10.0 Å². The summed E-state index contributed by atoms with van der Waals surface area (Å²) in [5, 5.41) is 12.2. The smallest absolute Gasteiger partial charge is 0.293 e. The molecular formula is C34H26F7N7O4S. The first-order valence-corrected chi connectivity index (χ1v) is 17.9. The van der Waals surface area contributed by atoms with Gasteiger partial charge in [0.1, 0.15) is 40.9 Å². The van der Waals surface area contributed by atoms with Crippen LogP contribution in [-0.2, 0) is 33.7 Å². The van der Waals surface area contributed by atoms with Crippen LogP contribution in [0.4, 0.5) is 30.7 Å². The molecule has 3 aromatic heterocycles. The zero-order valence-corrected chi connectivity index (χ0v) is 27.8. The Labute approximate surface area is 295 Å². The minimum Gasteiger partial charge on any atom is -0.346 e. The fraction of sp³-hybridized carbons (Fsp3) is 0.324.